The average molecular weight is 692 g/mol. The summed E-state index contributed by atoms with van der Waals surface area (Å²) < 4.78 is 80.0. The van der Waals surface area contributed by atoms with E-state index in [1.807, 2.05) is 4.72 Å². The zero-order valence-corrected chi connectivity index (χ0v) is 28.0. The second kappa shape index (κ2) is 15.0. The molecule has 0 aliphatic heterocycles. The van der Waals surface area contributed by atoms with Gasteiger partial charge in [-0.3, -0.25) is 14.5 Å². The number of ether oxygens (including phenoxy) is 2. The van der Waals surface area contributed by atoms with Crippen LogP contribution < -0.4 is 20.5 Å². The number of primary amides is 1. The van der Waals surface area contributed by atoms with Gasteiger partial charge in [0.25, 0.3) is 15.9 Å². The summed E-state index contributed by atoms with van der Waals surface area (Å²) in [6, 6.07) is 10.3. The third-order valence-electron chi connectivity index (χ3n) is 6.84. The second-order valence-electron chi connectivity index (χ2n) is 11.7. The first-order valence-corrected chi connectivity index (χ1v) is 19.8. The van der Waals surface area contributed by atoms with Gasteiger partial charge < -0.3 is 20.5 Å². The summed E-state index contributed by atoms with van der Waals surface area (Å²) >= 11 is 0. The summed E-state index contributed by atoms with van der Waals surface area (Å²) in [4.78, 5) is 21.2. The van der Waals surface area contributed by atoms with Crippen LogP contribution in [-0.4, -0.2) is 54.5 Å². The molecule has 0 fully saturated rings. The topological polar surface area (TPSA) is 163 Å². The molecule has 1 amide bonds. The van der Waals surface area contributed by atoms with Crippen molar-refractivity contribution in [3.63, 3.8) is 0 Å². The van der Waals surface area contributed by atoms with E-state index in [0.717, 1.165) is 6.04 Å². The van der Waals surface area contributed by atoms with Gasteiger partial charge in [-0.25, -0.2) is 22.5 Å². The minimum atomic E-state index is -5.09. The van der Waals surface area contributed by atoms with Crippen LogP contribution in [0.5, 0.6) is 5.75 Å². The minimum absolute atomic E-state index is 0.0538. The highest BCUT2D eigenvalue weighted by atomic mass is 32.2. The molecule has 0 saturated heterocycles. The van der Waals surface area contributed by atoms with Crippen LogP contribution in [0.1, 0.15) is 35.4 Å². The minimum Gasteiger partial charge on any atom is -0.484 e. The lowest BCUT2D eigenvalue weighted by molar-refractivity contribution is 0.0802. The molecule has 4 N–H and O–H groups in total. The van der Waals surface area contributed by atoms with E-state index >= 15 is 0 Å². The molecule has 0 aliphatic carbocycles. The molecule has 4 rings (SSSR count). The van der Waals surface area contributed by atoms with Crippen molar-refractivity contribution in [1.82, 2.24) is 19.7 Å². The fourth-order valence-corrected chi connectivity index (χ4v) is 5.72. The lowest BCUT2D eigenvalue weighted by Crippen LogP contribution is -2.22. The smallest absolute Gasteiger partial charge is 0.355 e. The Hall–Kier alpha value is -4.48. The standard InChI is InChI=1S/C30H36F3N7O5SSi/c1-5-23(19-6-9-21(31)10-7-19)45-24-16-20(8-11-22(24)39-46(42,43)30(32)33)27-26(28(34)41)29(37-25-17-35-12-13-36-25)40(38-27)18-44-14-15-47(2,3)4/h6-13,16-17,23,30,39H,5,14-15,18H2,1-4H3,(H2,34,41)(H,36,37). The molecular weight excluding hydrogens is 656 g/mol. The predicted octanol–water partition coefficient (Wildman–Crippen LogP) is 6.13. The summed E-state index contributed by atoms with van der Waals surface area (Å²) in [6.45, 7) is 8.78. The maximum atomic E-state index is 13.6. The van der Waals surface area contributed by atoms with Crippen LogP contribution in [-0.2, 0) is 21.5 Å². The zero-order valence-electron chi connectivity index (χ0n) is 26.2. The Kier molecular flexibility index (Phi) is 11.3. The molecule has 2 aromatic carbocycles. The molecule has 0 radical (unpaired) electrons. The SMILES string of the molecule is CCC(Oc1cc(-c2nn(COCC[Si](C)(C)C)c(Nc3cnccn3)c2C(N)=O)ccc1NS(=O)(=O)C(F)F)c1ccc(F)cc1. The van der Waals surface area contributed by atoms with Crippen LogP contribution >= 0.6 is 0 Å². The Morgan fingerprint density at radius 2 is 1.83 bits per heavy atom. The first-order valence-electron chi connectivity index (χ1n) is 14.6. The number of benzene rings is 2. The van der Waals surface area contributed by atoms with Crippen LogP contribution in [0.3, 0.4) is 0 Å². The van der Waals surface area contributed by atoms with Crippen molar-refractivity contribution in [2.45, 2.75) is 57.6 Å². The van der Waals surface area contributed by atoms with E-state index in [9.17, 15) is 26.4 Å². The van der Waals surface area contributed by atoms with Crippen LogP contribution in [0, 0.1) is 5.82 Å². The van der Waals surface area contributed by atoms with Crippen molar-refractivity contribution in [2.75, 3.05) is 16.6 Å². The van der Waals surface area contributed by atoms with E-state index in [-0.39, 0.29) is 46.6 Å². The van der Waals surface area contributed by atoms with Crippen LogP contribution in [0.25, 0.3) is 11.3 Å². The predicted molar refractivity (Wildman–Crippen MR) is 174 cm³/mol. The van der Waals surface area contributed by atoms with E-state index < -0.39 is 41.7 Å². The van der Waals surface area contributed by atoms with Gasteiger partial charge in [0.1, 0.15) is 47.3 Å². The molecule has 0 bridgehead atoms. The number of rotatable bonds is 16. The molecule has 2 heterocycles. The Bertz CT molecular complexity index is 1790. The second-order valence-corrected chi connectivity index (χ2v) is 19.0. The van der Waals surface area contributed by atoms with Crippen molar-refractivity contribution >= 4 is 41.3 Å². The number of carbonyl (C=O) groups is 1. The maximum Gasteiger partial charge on any atom is 0.355 e. The Labute approximate surface area is 271 Å². The average Bonchev–Trinajstić information content (AvgIpc) is 3.37. The van der Waals surface area contributed by atoms with Gasteiger partial charge in [-0.2, -0.15) is 13.9 Å². The number of nitrogens with one attached hydrogen (secondary N) is 2. The molecule has 1 unspecified atom stereocenters. The van der Waals surface area contributed by atoms with E-state index in [4.69, 9.17) is 15.2 Å². The molecule has 1 atom stereocenters. The summed E-state index contributed by atoms with van der Waals surface area (Å²) in [7, 11) is -6.51. The van der Waals surface area contributed by atoms with Gasteiger partial charge in [0.05, 0.1) is 11.9 Å². The number of aromatic nitrogens is 4. The third-order valence-corrected chi connectivity index (χ3v) is 9.52. The summed E-state index contributed by atoms with van der Waals surface area (Å²) in [5.74, 6) is -4.76. The fourth-order valence-electron chi connectivity index (χ4n) is 4.40. The number of hydrogen-bond donors (Lipinski definition) is 3. The molecule has 0 saturated carbocycles. The lowest BCUT2D eigenvalue weighted by Gasteiger charge is -2.21. The largest absolute Gasteiger partial charge is 0.484 e. The number of alkyl halides is 2. The van der Waals surface area contributed by atoms with Gasteiger partial charge >= 0.3 is 5.76 Å². The highest BCUT2D eigenvalue weighted by molar-refractivity contribution is 7.93. The van der Waals surface area contributed by atoms with E-state index in [1.54, 1.807) is 6.92 Å². The van der Waals surface area contributed by atoms with Crippen molar-refractivity contribution in [2.24, 2.45) is 5.73 Å². The quantitative estimate of drug-likeness (QED) is 0.0927. The van der Waals surface area contributed by atoms with Gasteiger partial charge in [0, 0.05) is 32.6 Å². The number of nitrogens with zero attached hydrogens (tertiary/aromatic N) is 4. The highest BCUT2D eigenvalue weighted by Gasteiger charge is 2.28. The third kappa shape index (κ3) is 9.29. The van der Waals surface area contributed by atoms with Gasteiger partial charge in [-0.15, -0.1) is 0 Å². The van der Waals surface area contributed by atoms with Gasteiger partial charge in [0.15, 0.2) is 0 Å². The lowest BCUT2D eigenvalue weighted by atomic mass is 10.0. The number of hydrogen-bond acceptors (Lipinski definition) is 9. The van der Waals surface area contributed by atoms with Gasteiger partial charge in [-0.05, 0) is 42.3 Å². The monoisotopic (exact) mass is 691 g/mol. The molecule has 12 nitrogen and oxygen atoms in total. The summed E-state index contributed by atoms with van der Waals surface area (Å²) in [5, 5.41) is 7.63. The van der Waals surface area contributed by atoms with Gasteiger partial charge in [-0.1, -0.05) is 44.8 Å². The number of halogens is 3. The molecule has 252 valence electrons. The maximum absolute atomic E-state index is 13.6. The van der Waals surface area contributed by atoms with Crippen molar-refractivity contribution in [3.8, 4) is 17.0 Å². The summed E-state index contributed by atoms with van der Waals surface area (Å²) in [5.41, 5.74) is 6.39. The number of carbonyl (C=O) groups excluding carboxylic acids is 1. The van der Waals surface area contributed by atoms with Crippen molar-refractivity contribution < 1.29 is 35.9 Å². The summed E-state index contributed by atoms with van der Waals surface area (Å²) in [6.07, 6.45) is 3.97. The fraction of sp³-hybridized carbons (Fsp3) is 0.333. The first kappa shape index (κ1) is 35.4. The molecule has 47 heavy (non-hydrogen) atoms. The Morgan fingerprint density at radius 1 is 1.11 bits per heavy atom. The van der Waals surface area contributed by atoms with Crippen LogP contribution in [0.15, 0.2) is 61.1 Å². The molecular formula is C30H36F3N7O5SSi. The van der Waals surface area contributed by atoms with Crippen LogP contribution in [0.4, 0.5) is 30.5 Å². The first-order chi connectivity index (χ1) is 22.2. The zero-order chi connectivity index (χ0) is 34.4. The normalized spacial score (nSPS) is 12.6. The Morgan fingerprint density at radius 3 is 2.43 bits per heavy atom. The van der Waals surface area contributed by atoms with E-state index in [2.05, 4.69) is 40.0 Å². The number of anilines is 3. The number of amides is 1. The number of nitrogens with two attached hydrogens (primary N) is 1. The van der Waals surface area contributed by atoms with Crippen LogP contribution in [0.2, 0.25) is 25.7 Å². The molecule has 0 spiro atoms. The van der Waals surface area contributed by atoms with Gasteiger partial charge in [0.2, 0.25) is 0 Å². The molecule has 17 heteroatoms. The van der Waals surface area contributed by atoms with Crippen molar-refractivity contribution in [1.29, 1.82) is 0 Å². The van der Waals surface area contributed by atoms with E-state index in [0.29, 0.717) is 18.6 Å². The molecule has 2 aromatic heterocycles. The van der Waals surface area contributed by atoms with E-state index in [1.165, 1.54) is 65.7 Å². The van der Waals surface area contributed by atoms with Crippen molar-refractivity contribution in [3.05, 3.63) is 78.0 Å². The Balaban J connectivity index is 1.83. The molecule has 0 aliphatic rings. The molecule has 4 aromatic rings. The number of sulfonamides is 1. The highest BCUT2D eigenvalue weighted by Crippen LogP contribution is 2.38.